The molecule has 0 saturated heterocycles. The van der Waals surface area contributed by atoms with Crippen molar-refractivity contribution in [2.75, 3.05) is 7.11 Å². The first kappa shape index (κ1) is 14.5. The highest BCUT2D eigenvalue weighted by Gasteiger charge is 2.23. The monoisotopic (exact) mass is 286 g/mol. The van der Waals surface area contributed by atoms with Crippen molar-refractivity contribution in [1.29, 1.82) is 0 Å². The topological polar surface area (TPSA) is 88.3 Å². The molecule has 1 unspecified atom stereocenters. The highest BCUT2D eigenvalue weighted by atomic mass is 16.5. The van der Waals surface area contributed by atoms with E-state index in [0.29, 0.717) is 5.56 Å². The maximum absolute atomic E-state index is 12.1. The van der Waals surface area contributed by atoms with Gasteiger partial charge in [-0.2, -0.15) is 0 Å². The Hall–Kier alpha value is -2.89. The molecule has 2 rings (SSSR count). The standard InChI is InChI=1S/C15H14N2O4/c1-21-15(20)13(10-5-3-2-4-6-10)17-14(19)11-7-8-12(18)16-9-11/h2-9,13H,1H3,(H,16,18)(H,17,19). The Kier molecular flexibility index (Phi) is 4.50. The van der Waals surface area contributed by atoms with Crippen LogP contribution in [0.1, 0.15) is 22.0 Å². The van der Waals surface area contributed by atoms with E-state index in [2.05, 4.69) is 10.3 Å². The lowest BCUT2D eigenvalue weighted by molar-refractivity contribution is -0.143. The summed E-state index contributed by atoms with van der Waals surface area (Å²) in [5.74, 6) is -1.05. The molecule has 0 radical (unpaired) electrons. The fraction of sp³-hybridized carbons (Fsp3) is 0.133. The largest absolute Gasteiger partial charge is 0.467 e. The average Bonchev–Trinajstić information content (AvgIpc) is 2.53. The summed E-state index contributed by atoms with van der Waals surface area (Å²) in [6.07, 6.45) is 1.29. The molecular weight excluding hydrogens is 272 g/mol. The van der Waals surface area contributed by atoms with Crippen LogP contribution in [0.15, 0.2) is 53.5 Å². The van der Waals surface area contributed by atoms with Gasteiger partial charge in [-0.05, 0) is 11.6 Å². The molecule has 0 fully saturated rings. The van der Waals surface area contributed by atoms with Crippen molar-refractivity contribution < 1.29 is 14.3 Å². The number of esters is 1. The van der Waals surface area contributed by atoms with Crippen molar-refractivity contribution >= 4 is 11.9 Å². The molecule has 108 valence electrons. The molecule has 0 bridgehead atoms. The first-order valence-electron chi connectivity index (χ1n) is 6.24. The number of aromatic amines is 1. The van der Waals surface area contributed by atoms with Gasteiger partial charge in [0.05, 0.1) is 12.7 Å². The third-order valence-electron chi connectivity index (χ3n) is 2.89. The van der Waals surface area contributed by atoms with E-state index in [-0.39, 0.29) is 11.1 Å². The number of H-pyrrole nitrogens is 1. The van der Waals surface area contributed by atoms with E-state index in [0.717, 1.165) is 0 Å². The van der Waals surface area contributed by atoms with E-state index in [1.54, 1.807) is 24.3 Å². The average molecular weight is 286 g/mol. The number of hydrogen-bond donors (Lipinski definition) is 2. The Bertz CT molecular complexity index is 674. The first-order chi connectivity index (χ1) is 10.1. The normalized spacial score (nSPS) is 11.5. The Morgan fingerprint density at radius 3 is 2.43 bits per heavy atom. The van der Waals surface area contributed by atoms with Gasteiger partial charge in [0.15, 0.2) is 6.04 Å². The molecule has 0 aliphatic heterocycles. The van der Waals surface area contributed by atoms with Crippen molar-refractivity contribution in [2.24, 2.45) is 0 Å². The molecule has 0 spiro atoms. The van der Waals surface area contributed by atoms with Crippen molar-refractivity contribution in [3.63, 3.8) is 0 Å². The van der Waals surface area contributed by atoms with Gasteiger partial charge in [-0.15, -0.1) is 0 Å². The molecule has 6 heteroatoms. The minimum Gasteiger partial charge on any atom is -0.467 e. The summed E-state index contributed by atoms with van der Waals surface area (Å²) in [5.41, 5.74) is 0.556. The molecule has 6 nitrogen and oxygen atoms in total. The maximum atomic E-state index is 12.1. The fourth-order valence-corrected chi connectivity index (χ4v) is 1.81. The number of aromatic nitrogens is 1. The summed E-state index contributed by atoms with van der Waals surface area (Å²) in [7, 11) is 1.25. The molecule has 2 aromatic rings. The van der Waals surface area contributed by atoms with Crippen LogP contribution in [0.2, 0.25) is 0 Å². The van der Waals surface area contributed by atoms with Crippen LogP contribution in [0.5, 0.6) is 0 Å². The zero-order valence-corrected chi connectivity index (χ0v) is 11.3. The number of hydrogen-bond acceptors (Lipinski definition) is 4. The summed E-state index contributed by atoms with van der Waals surface area (Å²) in [6, 6.07) is 10.5. The van der Waals surface area contributed by atoms with Crippen LogP contribution in [0.3, 0.4) is 0 Å². The lowest BCUT2D eigenvalue weighted by atomic mass is 10.1. The van der Waals surface area contributed by atoms with Crippen molar-refractivity contribution in [3.8, 4) is 0 Å². The molecule has 1 heterocycles. The van der Waals surface area contributed by atoms with Crippen molar-refractivity contribution in [2.45, 2.75) is 6.04 Å². The molecule has 0 saturated carbocycles. The zero-order chi connectivity index (χ0) is 15.2. The molecular formula is C15H14N2O4. The number of benzene rings is 1. The number of rotatable bonds is 4. The third-order valence-corrected chi connectivity index (χ3v) is 2.89. The molecule has 1 aromatic carbocycles. The number of pyridine rings is 1. The van der Waals surface area contributed by atoms with Gasteiger partial charge in [0.2, 0.25) is 5.56 Å². The van der Waals surface area contributed by atoms with Crippen LogP contribution in [0, 0.1) is 0 Å². The molecule has 21 heavy (non-hydrogen) atoms. The van der Waals surface area contributed by atoms with E-state index in [1.165, 1.54) is 25.4 Å². The number of amides is 1. The molecule has 2 N–H and O–H groups in total. The number of carbonyl (C=O) groups is 2. The maximum Gasteiger partial charge on any atom is 0.333 e. The highest BCUT2D eigenvalue weighted by Crippen LogP contribution is 2.14. The van der Waals surface area contributed by atoms with Gasteiger partial charge in [-0.3, -0.25) is 9.59 Å². The minimum absolute atomic E-state index is 0.249. The Morgan fingerprint density at radius 1 is 1.14 bits per heavy atom. The molecule has 0 aliphatic carbocycles. The zero-order valence-electron chi connectivity index (χ0n) is 11.3. The van der Waals surface area contributed by atoms with Crippen molar-refractivity contribution in [1.82, 2.24) is 10.3 Å². The van der Waals surface area contributed by atoms with E-state index >= 15 is 0 Å². The SMILES string of the molecule is COC(=O)C(NC(=O)c1ccc(=O)[nH]c1)c1ccccc1. The Labute approximate surface area is 120 Å². The number of ether oxygens (including phenoxy) is 1. The van der Waals surface area contributed by atoms with Crippen LogP contribution >= 0.6 is 0 Å². The summed E-state index contributed by atoms with van der Waals surface area (Å²) in [6.45, 7) is 0. The second kappa shape index (κ2) is 6.51. The van der Waals surface area contributed by atoms with Gasteiger partial charge in [-0.1, -0.05) is 30.3 Å². The number of nitrogens with one attached hydrogen (secondary N) is 2. The highest BCUT2D eigenvalue weighted by molar-refractivity contribution is 5.96. The second-order valence-corrected chi connectivity index (χ2v) is 4.28. The Balaban J connectivity index is 2.23. The van der Waals surface area contributed by atoms with Crippen LogP contribution in [0.25, 0.3) is 0 Å². The summed E-state index contributed by atoms with van der Waals surface area (Å²) < 4.78 is 4.71. The predicted molar refractivity (Wildman–Crippen MR) is 75.7 cm³/mol. The predicted octanol–water partition coefficient (Wildman–Crippen LogP) is 1.02. The van der Waals surface area contributed by atoms with E-state index in [4.69, 9.17) is 4.74 Å². The van der Waals surface area contributed by atoms with Gasteiger partial charge < -0.3 is 15.0 Å². The molecule has 1 atom stereocenters. The minimum atomic E-state index is -0.907. The lowest BCUT2D eigenvalue weighted by Gasteiger charge is -2.16. The van der Waals surface area contributed by atoms with E-state index < -0.39 is 17.9 Å². The Morgan fingerprint density at radius 2 is 1.86 bits per heavy atom. The molecule has 1 aromatic heterocycles. The summed E-state index contributed by atoms with van der Waals surface area (Å²) in [4.78, 5) is 37.3. The molecule has 0 aliphatic rings. The quantitative estimate of drug-likeness (QED) is 0.821. The van der Waals surface area contributed by atoms with Crippen LogP contribution < -0.4 is 10.9 Å². The van der Waals surface area contributed by atoms with Gasteiger partial charge in [0.1, 0.15) is 0 Å². The van der Waals surface area contributed by atoms with Gasteiger partial charge in [-0.25, -0.2) is 4.79 Å². The first-order valence-corrected chi connectivity index (χ1v) is 6.24. The van der Waals surface area contributed by atoms with Crippen LogP contribution in [0.4, 0.5) is 0 Å². The van der Waals surface area contributed by atoms with Gasteiger partial charge in [0, 0.05) is 12.3 Å². The summed E-state index contributed by atoms with van der Waals surface area (Å²) in [5, 5.41) is 2.58. The second-order valence-electron chi connectivity index (χ2n) is 4.28. The summed E-state index contributed by atoms with van der Waals surface area (Å²) >= 11 is 0. The van der Waals surface area contributed by atoms with E-state index in [9.17, 15) is 14.4 Å². The molecule has 1 amide bonds. The van der Waals surface area contributed by atoms with Crippen molar-refractivity contribution in [3.05, 3.63) is 70.1 Å². The smallest absolute Gasteiger partial charge is 0.333 e. The van der Waals surface area contributed by atoms with Crippen LogP contribution in [-0.4, -0.2) is 24.0 Å². The van der Waals surface area contributed by atoms with Crippen LogP contribution in [-0.2, 0) is 9.53 Å². The number of carbonyl (C=O) groups excluding carboxylic acids is 2. The third kappa shape index (κ3) is 3.56. The fourth-order valence-electron chi connectivity index (χ4n) is 1.81. The van der Waals surface area contributed by atoms with E-state index in [1.807, 2.05) is 6.07 Å². The lowest BCUT2D eigenvalue weighted by Crippen LogP contribution is -2.34. The van der Waals surface area contributed by atoms with Gasteiger partial charge >= 0.3 is 5.97 Å². The number of methoxy groups -OCH3 is 1. The van der Waals surface area contributed by atoms with Gasteiger partial charge in [0.25, 0.3) is 5.91 Å².